The fourth-order valence-electron chi connectivity index (χ4n) is 7.46. The van der Waals surface area contributed by atoms with Crippen molar-refractivity contribution in [1.82, 2.24) is 4.90 Å². The molecule has 51 heavy (non-hydrogen) atoms. The Bertz CT molecular complexity index is 612. The fraction of sp³-hybridized carbons (Fsp3) is 0.957. The Morgan fingerprint density at radius 1 is 0.412 bits per heavy atom. The van der Waals surface area contributed by atoms with Gasteiger partial charge in [0.25, 0.3) is 0 Å². The molecule has 0 aliphatic carbocycles. The summed E-state index contributed by atoms with van der Waals surface area (Å²) in [6, 6.07) is 0. The number of thioether (sulfide) groups is 2. The van der Waals surface area contributed by atoms with Crippen molar-refractivity contribution in [2.75, 3.05) is 49.3 Å². The molecule has 0 spiro atoms. The Morgan fingerprint density at radius 2 is 0.784 bits per heavy atom. The summed E-state index contributed by atoms with van der Waals surface area (Å²) in [5.74, 6) is 7.55. The van der Waals surface area contributed by atoms with Gasteiger partial charge in [-0.1, -0.05) is 181 Å². The molecule has 0 aromatic rings. The summed E-state index contributed by atoms with van der Waals surface area (Å²) in [5, 5.41) is 9.13. The van der Waals surface area contributed by atoms with E-state index in [0.717, 1.165) is 24.8 Å². The highest BCUT2D eigenvalue weighted by atomic mass is 32.2. The minimum absolute atomic E-state index is 0.175. The van der Waals surface area contributed by atoms with E-state index in [1.807, 2.05) is 6.08 Å². The normalized spacial score (nSPS) is 13.2. The molecule has 0 amide bonds. The van der Waals surface area contributed by atoms with Crippen molar-refractivity contribution < 1.29 is 5.11 Å². The van der Waals surface area contributed by atoms with Gasteiger partial charge in [-0.15, -0.1) is 0 Å². The van der Waals surface area contributed by atoms with E-state index in [1.54, 1.807) is 0 Å². The van der Waals surface area contributed by atoms with Crippen molar-refractivity contribution in [3.05, 3.63) is 12.2 Å². The zero-order valence-electron chi connectivity index (χ0n) is 35.6. The van der Waals surface area contributed by atoms with E-state index >= 15 is 0 Å². The largest absolute Gasteiger partial charge is 0.392 e. The molecule has 0 aromatic heterocycles. The van der Waals surface area contributed by atoms with Crippen molar-refractivity contribution in [1.29, 1.82) is 0 Å². The van der Waals surface area contributed by atoms with E-state index in [9.17, 15) is 0 Å². The van der Waals surface area contributed by atoms with Crippen LogP contribution in [0, 0.1) is 11.8 Å². The van der Waals surface area contributed by atoms with Gasteiger partial charge in [0.1, 0.15) is 0 Å². The second-order valence-electron chi connectivity index (χ2n) is 16.1. The first kappa shape index (κ1) is 51.4. The molecule has 0 rings (SSSR count). The molecule has 1 N–H and O–H groups in total. The molecule has 0 radical (unpaired) electrons. The Hall–Kier alpha value is 0.360. The topological polar surface area (TPSA) is 23.5 Å². The third kappa shape index (κ3) is 39.9. The third-order valence-corrected chi connectivity index (χ3v) is 13.5. The van der Waals surface area contributed by atoms with Crippen LogP contribution in [0.1, 0.15) is 227 Å². The molecule has 4 heteroatoms. The van der Waals surface area contributed by atoms with Gasteiger partial charge in [-0.25, -0.2) is 0 Å². The van der Waals surface area contributed by atoms with Crippen LogP contribution in [-0.2, 0) is 0 Å². The zero-order valence-corrected chi connectivity index (χ0v) is 37.2. The smallest absolute Gasteiger partial charge is 0.0612 e. The van der Waals surface area contributed by atoms with Gasteiger partial charge >= 0.3 is 0 Å². The van der Waals surface area contributed by atoms with Gasteiger partial charge in [-0.2, -0.15) is 23.5 Å². The minimum atomic E-state index is 0.175. The Kier molecular flexibility index (Phi) is 45.1. The van der Waals surface area contributed by atoms with Gasteiger partial charge in [0, 0.05) is 6.54 Å². The summed E-state index contributed by atoms with van der Waals surface area (Å²) in [6.45, 7) is 13.2. The zero-order chi connectivity index (χ0) is 37.1. The highest BCUT2D eigenvalue weighted by Gasteiger charge is 2.10. The predicted octanol–water partition coefficient (Wildman–Crippen LogP) is 15.7. The quantitative estimate of drug-likeness (QED) is 0.0494. The lowest BCUT2D eigenvalue weighted by Crippen LogP contribution is -2.27. The van der Waals surface area contributed by atoms with Crippen molar-refractivity contribution in [3.63, 3.8) is 0 Å². The van der Waals surface area contributed by atoms with Gasteiger partial charge < -0.3 is 10.0 Å². The van der Waals surface area contributed by atoms with Crippen molar-refractivity contribution in [2.45, 2.75) is 227 Å². The summed E-state index contributed by atoms with van der Waals surface area (Å²) in [6.07, 6.45) is 47.7. The van der Waals surface area contributed by atoms with Crippen LogP contribution in [0.2, 0.25) is 0 Å². The number of nitrogens with zero attached hydrogens (tertiary/aromatic N) is 1. The van der Waals surface area contributed by atoms with E-state index < -0.39 is 0 Å². The molecule has 0 saturated heterocycles. The molecular formula is C47H95NOS2. The van der Waals surface area contributed by atoms with Gasteiger partial charge in [-0.05, 0) is 106 Å². The van der Waals surface area contributed by atoms with Crippen LogP contribution in [0.25, 0.3) is 0 Å². The highest BCUT2D eigenvalue weighted by molar-refractivity contribution is 7.99. The predicted molar refractivity (Wildman–Crippen MR) is 240 cm³/mol. The fourth-order valence-corrected chi connectivity index (χ4v) is 9.94. The van der Waals surface area contributed by atoms with E-state index in [1.165, 1.54) is 229 Å². The summed E-state index contributed by atoms with van der Waals surface area (Å²) < 4.78 is 0. The van der Waals surface area contributed by atoms with Crippen LogP contribution in [0.5, 0.6) is 0 Å². The first-order valence-corrected chi connectivity index (χ1v) is 25.7. The second-order valence-corrected chi connectivity index (χ2v) is 18.4. The number of aliphatic hydroxyl groups is 1. The maximum atomic E-state index is 9.13. The van der Waals surface area contributed by atoms with Gasteiger partial charge in [0.05, 0.1) is 6.61 Å². The van der Waals surface area contributed by atoms with Crippen LogP contribution >= 0.6 is 23.5 Å². The molecule has 0 aromatic carbocycles. The maximum Gasteiger partial charge on any atom is 0.0612 e. The monoisotopic (exact) mass is 754 g/mol. The lowest BCUT2D eigenvalue weighted by molar-refractivity contribution is 0.264. The summed E-state index contributed by atoms with van der Waals surface area (Å²) in [5.41, 5.74) is 0. The molecule has 0 bridgehead atoms. The van der Waals surface area contributed by atoms with Crippen molar-refractivity contribution in [3.8, 4) is 0 Å². The van der Waals surface area contributed by atoms with Crippen molar-refractivity contribution in [2.24, 2.45) is 11.8 Å². The summed E-state index contributed by atoms with van der Waals surface area (Å²) >= 11 is 4.51. The van der Waals surface area contributed by atoms with E-state index in [-0.39, 0.29) is 6.61 Å². The highest BCUT2D eigenvalue weighted by Crippen LogP contribution is 2.24. The molecule has 2 nitrogen and oxygen atoms in total. The Labute approximate surface area is 332 Å². The minimum Gasteiger partial charge on any atom is -0.392 e. The molecule has 2 atom stereocenters. The van der Waals surface area contributed by atoms with E-state index in [4.69, 9.17) is 5.11 Å². The summed E-state index contributed by atoms with van der Waals surface area (Å²) in [7, 11) is 0. The molecule has 0 fully saturated rings. The molecular weight excluding hydrogens is 659 g/mol. The van der Waals surface area contributed by atoms with Crippen LogP contribution in [-0.4, -0.2) is 59.3 Å². The van der Waals surface area contributed by atoms with Crippen LogP contribution in [0.15, 0.2) is 12.2 Å². The molecule has 306 valence electrons. The van der Waals surface area contributed by atoms with Crippen LogP contribution < -0.4 is 0 Å². The lowest BCUT2D eigenvalue weighted by Gasteiger charge is -2.21. The number of rotatable bonds is 44. The Balaban J connectivity index is 3.93. The van der Waals surface area contributed by atoms with Crippen LogP contribution in [0.3, 0.4) is 0 Å². The Morgan fingerprint density at radius 3 is 1.20 bits per heavy atom. The molecule has 0 aliphatic rings. The first-order chi connectivity index (χ1) is 25.2. The maximum absolute atomic E-state index is 9.13. The van der Waals surface area contributed by atoms with Crippen LogP contribution in [0.4, 0.5) is 0 Å². The lowest BCUT2D eigenvalue weighted by atomic mass is 9.97. The third-order valence-electron chi connectivity index (χ3n) is 11.0. The summed E-state index contributed by atoms with van der Waals surface area (Å²) in [4.78, 5) is 2.71. The number of unbranched alkanes of at least 4 members (excludes halogenated alkanes) is 20. The number of hydrogen-bond acceptors (Lipinski definition) is 4. The standard InChI is InChI=1S/C47H95NOS2/c1-5-9-13-26-36-46(34-11-7-3)44-50-42-32-23-19-15-17-21-28-38-48(40-30-25-31-41-49)39-29-22-18-16-20-24-33-43-51-45-47(35-12-8-4)37-27-14-10-6-2/h25,31,46-47,49H,5-24,26-30,32-45H2,1-4H3/b31-25+. The number of aliphatic hydroxyl groups excluding tert-OH is 1. The van der Waals surface area contributed by atoms with Crippen molar-refractivity contribution >= 4 is 23.5 Å². The number of hydrogen-bond donors (Lipinski definition) is 1. The van der Waals surface area contributed by atoms with Gasteiger partial charge in [0.2, 0.25) is 0 Å². The van der Waals surface area contributed by atoms with E-state index in [2.05, 4.69) is 62.2 Å². The average Bonchev–Trinajstić information content (AvgIpc) is 3.14. The van der Waals surface area contributed by atoms with Gasteiger partial charge in [-0.3, -0.25) is 0 Å². The average molecular weight is 754 g/mol. The van der Waals surface area contributed by atoms with Gasteiger partial charge in [0.15, 0.2) is 0 Å². The SMILES string of the molecule is CCCCCCC(CCCC)CSCCCCCCCCCN(CC/C=C/CO)CCCCCCCCCSCC(CCCC)CCCCCC. The van der Waals surface area contributed by atoms with E-state index in [0.29, 0.717) is 0 Å². The molecule has 0 saturated carbocycles. The second kappa shape index (κ2) is 44.8. The molecule has 0 aliphatic heterocycles. The molecule has 0 heterocycles. The molecule has 2 unspecified atom stereocenters. The first-order valence-electron chi connectivity index (χ1n) is 23.3.